The van der Waals surface area contributed by atoms with Gasteiger partial charge in [-0.3, -0.25) is 4.98 Å². The molecule has 0 amide bonds. The number of fused-ring (bicyclic) bond motifs is 3. The monoisotopic (exact) mass is 350 g/mol. The average Bonchev–Trinajstić information content (AvgIpc) is 3.13. The molecule has 2 heterocycles. The number of hydrogen-bond acceptors (Lipinski definition) is 2. The molecule has 0 bridgehead atoms. The number of benzene rings is 3. The number of nitrogens with zero attached hydrogens (tertiary/aromatic N) is 1. The van der Waals surface area contributed by atoms with E-state index < -0.39 is 5.89 Å². The first-order valence-electron chi connectivity index (χ1n) is 9.56. The van der Waals surface area contributed by atoms with Gasteiger partial charge in [-0.15, -0.1) is 0 Å². The number of hydrogen-bond donors (Lipinski definition) is 0. The molecule has 0 saturated heterocycles. The molecule has 0 aliphatic heterocycles. The van der Waals surface area contributed by atoms with Crippen molar-refractivity contribution in [2.75, 3.05) is 0 Å². The highest BCUT2D eigenvalue weighted by Crippen LogP contribution is 2.36. The topological polar surface area (TPSA) is 26.0 Å². The smallest absolute Gasteiger partial charge is 0.143 e. The molecule has 0 spiro atoms. The van der Waals surface area contributed by atoms with Gasteiger partial charge >= 0.3 is 0 Å². The van der Waals surface area contributed by atoms with Gasteiger partial charge in [0.25, 0.3) is 0 Å². The van der Waals surface area contributed by atoms with Gasteiger partial charge in [-0.05, 0) is 34.9 Å². The predicted molar refractivity (Wildman–Crippen MR) is 111 cm³/mol. The number of para-hydroxylation sites is 2. The van der Waals surface area contributed by atoms with E-state index in [9.17, 15) is 0 Å². The number of furan rings is 1. The minimum atomic E-state index is -0.860. The molecule has 2 aromatic heterocycles. The summed E-state index contributed by atoms with van der Waals surface area (Å²) in [5, 5.41) is 2.24. The highest BCUT2D eigenvalue weighted by atomic mass is 16.3. The fourth-order valence-electron chi connectivity index (χ4n) is 3.66. The third-order valence-corrected chi connectivity index (χ3v) is 5.12. The Bertz CT molecular complexity index is 1290. The largest absolute Gasteiger partial charge is 0.455 e. The molecule has 27 heavy (non-hydrogen) atoms. The summed E-state index contributed by atoms with van der Waals surface area (Å²) in [6, 6.07) is 26.4. The molecule has 0 saturated carbocycles. The van der Waals surface area contributed by atoms with Gasteiger partial charge in [0.15, 0.2) is 0 Å². The lowest BCUT2D eigenvalue weighted by Gasteiger charge is -2.14. The Hall–Kier alpha value is -3.39. The van der Waals surface area contributed by atoms with Crippen LogP contribution in [0.25, 0.3) is 33.1 Å². The number of rotatable bonds is 3. The molecular weight excluding hydrogens is 330 g/mol. The van der Waals surface area contributed by atoms with Crippen LogP contribution in [-0.2, 0) is 0 Å². The van der Waals surface area contributed by atoms with Crippen LogP contribution in [0, 0.1) is 0 Å². The standard InChI is InChI=1S/C25H19NO/c1-17(18-12-14-26-15-13-18)19-6-4-7-20(16-19)21-9-5-10-23-22-8-2-3-11-24(22)27-25(21)23/h2-17H,1H3/i17D. The zero-order valence-electron chi connectivity index (χ0n) is 16.0. The van der Waals surface area contributed by atoms with Crippen molar-refractivity contribution in [3.63, 3.8) is 0 Å². The van der Waals surface area contributed by atoms with E-state index >= 15 is 0 Å². The zero-order chi connectivity index (χ0) is 19.1. The van der Waals surface area contributed by atoms with E-state index in [2.05, 4.69) is 41.4 Å². The van der Waals surface area contributed by atoms with E-state index in [1.54, 1.807) is 12.4 Å². The third-order valence-electron chi connectivity index (χ3n) is 5.12. The van der Waals surface area contributed by atoms with Gasteiger partial charge in [0.1, 0.15) is 11.2 Å². The second-order valence-corrected chi connectivity index (χ2v) is 6.72. The van der Waals surface area contributed by atoms with E-state index in [0.29, 0.717) is 0 Å². The molecule has 0 radical (unpaired) electrons. The third kappa shape index (κ3) is 2.70. The van der Waals surface area contributed by atoms with E-state index in [-0.39, 0.29) is 0 Å². The van der Waals surface area contributed by atoms with Crippen LogP contribution in [0.3, 0.4) is 0 Å². The quantitative estimate of drug-likeness (QED) is 0.357. The summed E-state index contributed by atoms with van der Waals surface area (Å²) in [6.45, 7) is 1.92. The lowest BCUT2D eigenvalue weighted by Crippen LogP contribution is -1.96. The fourth-order valence-corrected chi connectivity index (χ4v) is 3.66. The van der Waals surface area contributed by atoms with Crippen molar-refractivity contribution in [1.29, 1.82) is 0 Å². The van der Waals surface area contributed by atoms with Crippen LogP contribution in [-0.4, -0.2) is 4.98 Å². The van der Waals surface area contributed by atoms with Crippen LogP contribution in [0.2, 0.25) is 0 Å². The SMILES string of the molecule is [2H]C(C)(c1ccncc1)c1cccc(-c2cccc3c2oc2ccccc23)c1. The Morgan fingerprint density at radius 3 is 2.48 bits per heavy atom. The maximum atomic E-state index is 8.97. The summed E-state index contributed by atoms with van der Waals surface area (Å²) in [4.78, 5) is 4.08. The Morgan fingerprint density at radius 2 is 1.59 bits per heavy atom. The lowest BCUT2D eigenvalue weighted by atomic mass is 9.91. The maximum absolute atomic E-state index is 8.97. The molecule has 0 aliphatic carbocycles. The fraction of sp³-hybridized carbons (Fsp3) is 0.0800. The summed E-state index contributed by atoms with van der Waals surface area (Å²) in [6.07, 6.45) is 3.47. The minimum absolute atomic E-state index is 0.860. The summed E-state index contributed by atoms with van der Waals surface area (Å²) >= 11 is 0. The molecule has 2 heteroatoms. The van der Waals surface area contributed by atoms with Crippen LogP contribution in [0.15, 0.2) is 95.7 Å². The minimum Gasteiger partial charge on any atom is -0.455 e. The number of pyridine rings is 1. The van der Waals surface area contributed by atoms with Gasteiger partial charge in [-0.2, -0.15) is 0 Å². The summed E-state index contributed by atoms with van der Waals surface area (Å²) in [7, 11) is 0. The first kappa shape index (κ1) is 14.7. The Kier molecular flexibility index (Phi) is 3.50. The van der Waals surface area contributed by atoms with Crippen molar-refractivity contribution in [3.8, 4) is 11.1 Å². The molecule has 0 aliphatic rings. The van der Waals surface area contributed by atoms with Crippen LogP contribution in [0.5, 0.6) is 0 Å². The lowest BCUT2D eigenvalue weighted by molar-refractivity contribution is 0.670. The van der Waals surface area contributed by atoms with Crippen molar-refractivity contribution in [1.82, 2.24) is 4.98 Å². The second-order valence-electron chi connectivity index (χ2n) is 6.72. The van der Waals surface area contributed by atoms with Gasteiger partial charge in [-0.25, -0.2) is 0 Å². The van der Waals surface area contributed by atoms with Crippen LogP contribution in [0.1, 0.15) is 25.3 Å². The van der Waals surface area contributed by atoms with E-state index in [1.807, 2.05) is 49.4 Å². The van der Waals surface area contributed by atoms with Gasteiger partial charge in [-0.1, -0.05) is 67.6 Å². The van der Waals surface area contributed by atoms with Gasteiger partial charge in [0.05, 0.1) is 0 Å². The summed E-state index contributed by atoms with van der Waals surface area (Å²) in [5.41, 5.74) is 5.72. The van der Waals surface area contributed by atoms with Crippen molar-refractivity contribution in [2.24, 2.45) is 0 Å². The van der Waals surface area contributed by atoms with Crippen LogP contribution in [0.4, 0.5) is 0 Å². The molecular formula is C25H19NO. The Balaban J connectivity index is 1.68. The summed E-state index contributed by atoms with van der Waals surface area (Å²) in [5.74, 6) is -0.860. The molecule has 0 fully saturated rings. The van der Waals surface area contributed by atoms with Gasteiger partial charge in [0.2, 0.25) is 0 Å². The number of aromatic nitrogens is 1. The van der Waals surface area contributed by atoms with E-state index in [1.165, 1.54) is 0 Å². The van der Waals surface area contributed by atoms with E-state index in [0.717, 1.165) is 44.2 Å². The molecule has 2 nitrogen and oxygen atoms in total. The molecule has 1 atom stereocenters. The normalized spacial score (nSPS) is 14.2. The Labute approximate surface area is 159 Å². The molecule has 130 valence electrons. The molecule has 0 N–H and O–H groups in total. The maximum Gasteiger partial charge on any atom is 0.143 e. The molecule has 5 rings (SSSR count). The first-order chi connectivity index (χ1) is 13.6. The van der Waals surface area contributed by atoms with Gasteiger partial charge < -0.3 is 4.42 Å². The molecule has 5 aromatic rings. The molecule has 1 unspecified atom stereocenters. The van der Waals surface area contributed by atoms with Crippen LogP contribution >= 0.6 is 0 Å². The highest BCUT2D eigenvalue weighted by Gasteiger charge is 2.14. The van der Waals surface area contributed by atoms with Crippen molar-refractivity contribution in [2.45, 2.75) is 12.8 Å². The van der Waals surface area contributed by atoms with E-state index in [4.69, 9.17) is 5.79 Å². The predicted octanol–water partition coefficient (Wildman–Crippen LogP) is 6.80. The highest BCUT2D eigenvalue weighted by molar-refractivity contribution is 6.09. The van der Waals surface area contributed by atoms with Crippen molar-refractivity contribution < 1.29 is 5.79 Å². The van der Waals surface area contributed by atoms with Crippen LogP contribution < -0.4 is 0 Å². The second kappa shape index (κ2) is 6.40. The van der Waals surface area contributed by atoms with Gasteiger partial charge in [0, 0.05) is 36.0 Å². The van der Waals surface area contributed by atoms with Crippen molar-refractivity contribution >= 4 is 21.9 Å². The Morgan fingerprint density at radius 1 is 0.815 bits per heavy atom. The molecule has 3 aromatic carbocycles. The first-order valence-corrected chi connectivity index (χ1v) is 9.06. The zero-order valence-corrected chi connectivity index (χ0v) is 15.0. The summed E-state index contributed by atoms with van der Waals surface area (Å²) < 4.78 is 15.2. The van der Waals surface area contributed by atoms with Crippen molar-refractivity contribution in [3.05, 3.63) is 102 Å². The average molecular weight is 350 g/mol.